The van der Waals surface area contributed by atoms with Crippen LogP contribution in [-0.4, -0.2) is 28.8 Å². The Morgan fingerprint density at radius 3 is 2.52 bits per heavy atom. The summed E-state index contributed by atoms with van der Waals surface area (Å²) in [5.74, 6) is -2.57. The number of ether oxygens (including phenoxy) is 1. The van der Waals surface area contributed by atoms with Gasteiger partial charge in [-0.1, -0.05) is 53.6 Å². The van der Waals surface area contributed by atoms with E-state index in [4.69, 9.17) is 21.4 Å². The third-order valence-corrected chi connectivity index (χ3v) is 5.77. The summed E-state index contributed by atoms with van der Waals surface area (Å²) < 4.78 is 5.12. The van der Waals surface area contributed by atoms with Crippen molar-refractivity contribution in [1.29, 1.82) is 0 Å². The molecule has 0 spiro atoms. The molecule has 1 heterocycles. The molecular formula is C21H18ClNO5S. The molecule has 150 valence electrons. The first-order valence-corrected chi connectivity index (χ1v) is 9.84. The molecule has 0 amide bonds. The summed E-state index contributed by atoms with van der Waals surface area (Å²) in [6.07, 6.45) is 0. The molecule has 0 bridgehead atoms. The number of aliphatic carboxylic acids is 1. The first-order chi connectivity index (χ1) is 13.8. The quantitative estimate of drug-likeness (QED) is 0.456. The molecule has 2 aromatic carbocycles. The van der Waals surface area contributed by atoms with E-state index in [0.717, 1.165) is 22.6 Å². The number of hydrogen-bond acceptors (Lipinski definition) is 5. The van der Waals surface area contributed by atoms with Gasteiger partial charge in [-0.15, -0.1) is 11.3 Å². The molecule has 3 rings (SSSR count). The van der Waals surface area contributed by atoms with Gasteiger partial charge in [0.1, 0.15) is 5.02 Å². The Balaban J connectivity index is 1.85. The number of halogens is 1. The monoisotopic (exact) mass is 431 g/mol. The smallest absolute Gasteiger partial charge is 0.349 e. The Kier molecular flexibility index (Phi) is 6.41. The van der Waals surface area contributed by atoms with E-state index in [1.807, 2.05) is 49.4 Å². The fourth-order valence-electron chi connectivity index (χ4n) is 2.67. The number of aryl methyl sites for hydroxylation is 1. The zero-order chi connectivity index (χ0) is 21.0. The van der Waals surface area contributed by atoms with Gasteiger partial charge in [-0.05, 0) is 30.2 Å². The van der Waals surface area contributed by atoms with Crippen molar-refractivity contribution < 1.29 is 24.5 Å². The minimum atomic E-state index is -1.22. The van der Waals surface area contributed by atoms with Crippen molar-refractivity contribution in [3.05, 3.63) is 69.6 Å². The molecule has 0 atom stereocenters. The highest BCUT2D eigenvalue weighted by molar-refractivity contribution is 7.18. The van der Waals surface area contributed by atoms with Crippen LogP contribution >= 0.6 is 22.9 Å². The lowest BCUT2D eigenvalue weighted by Gasteiger charge is -2.09. The number of thiophene rings is 1. The van der Waals surface area contributed by atoms with E-state index < -0.39 is 18.5 Å². The van der Waals surface area contributed by atoms with Crippen molar-refractivity contribution in [2.45, 2.75) is 13.5 Å². The molecule has 0 aliphatic rings. The Hall–Kier alpha value is -3.03. The molecule has 3 N–H and O–H groups in total. The maximum Gasteiger partial charge on any atom is 0.349 e. The van der Waals surface area contributed by atoms with Gasteiger partial charge in [0.05, 0.1) is 4.88 Å². The second-order valence-electron chi connectivity index (χ2n) is 6.31. The standard InChI is InChI=1S/C21H18ClNO5S/c1-12-5-7-13(8-6-12)10-23-15-4-2-3-14(9-15)19-17(22)18(28-11-16(24)25)20(29-19)21(26)27/h2-9,23H,10-11H2,1H3,(H,24,25)(H,26,27). The highest BCUT2D eigenvalue weighted by atomic mass is 35.5. The van der Waals surface area contributed by atoms with E-state index in [2.05, 4.69) is 5.32 Å². The summed E-state index contributed by atoms with van der Waals surface area (Å²) in [6.45, 7) is 1.99. The minimum absolute atomic E-state index is 0.0873. The van der Waals surface area contributed by atoms with Crippen LogP contribution in [0.15, 0.2) is 48.5 Å². The Morgan fingerprint density at radius 2 is 1.86 bits per heavy atom. The van der Waals surface area contributed by atoms with Crippen LogP contribution in [0.25, 0.3) is 10.4 Å². The number of carbonyl (C=O) groups is 2. The van der Waals surface area contributed by atoms with Gasteiger partial charge in [0.15, 0.2) is 17.2 Å². The van der Waals surface area contributed by atoms with Crippen molar-refractivity contribution >= 4 is 40.6 Å². The number of carboxylic acid groups (broad SMARTS) is 2. The SMILES string of the molecule is Cc1ccc(CNc2cccc(-c3sc(C(=O)O)c(OCC(=O)O)c3Cl)c2)cc1. The fraction of sp³-hybridized carbons (Fsp3) is 0.143. The predicted octanol–water partition coefficient (Wildman–Crippen LogP) is 5.15. The maximum atomic E-state index is 11.5. The number of hydrogen-bond donors (Lipinski definition) is 3. The van der Waals surface area contributed by atoms with Crippen molar-refractivity contribution in [3.8, 4) is 16.2 Å². The zero-order valence-electron chi connectivity index (χ0n) is 15.4. The van der Waals surface area contributed by atoms with Crippen molar-refractivity contribution in [2.75, 3.05) is 11.9 Å². The second kappa shape index (κ2) is 8.98. The normalized spacial score (nSPS) is 10.6. The Bertz CT molecular complexity index is 1050. The predicted molar refractivity (Wildman–Crippen MR) is 113 cm³/mol. The summed E-state index contributed by atoms with van der Waals surface area (Å²) in [5, 5.41) is 21.6. The van der Waals surface area contributed by atoms with Gasteiger partial charge in [0.25, 0.3) is 0 Å². The van der Waals surface area contributed by atoms with Gasteiger partial charge in [0.2, 0.25) is 0 Å². The van der Waals surface area contributed by atoms with Gasteiger partial charge in [-0.2, -0.15) is 0 Å². The van der Waals surface area contributed by atoms with Gasteiger partial charge in [0, 0.05) is 12.2 Å². The molecule has 8 heteroatoms. The molecule has 3 aromatic rings. The van der Waals surface area contributed by atoms with Crippen LogP contribution in [0.5, 0.6) is 5.75 Å². The minimum Gasteiger partial charge on any atom is -0.479 e. The number of aromatic carboxylic acids is 1. The van der Waals surface area contributed by atoms with Crippen LogP contribution in [0.3, 0.4) is 0 Å². The lowest BCUT2D eigenvalue weighted by atomic mass is 10.1. The molecule has 0 unspecified atom stereocenters. The van der Waals surface area contributed by atoms with Gasteiger partial charge in [-0.25, -0.2) is 9.59 Å². The molecule has 0 saturated carbocycles. The third-order valence-electron chi connectivity index (χ3n) is 4.09. The zero-order valence-corrected chi connectivity index (χ0v) is 17.0. The van der Waals surface area contributed by atoms with E-state index in [9.17, 15) is 14.7 Å². The van der Waals surface area contributed by atoms with Gasteiger partial charge in [-0.3, -0.25) is 0 Å². The van der Waals surface area contributed by atoms with E-state index in [1.165, 1.54) is 5.56 Å². The first kappa shape index (κ1) is 20.7. The lowest BCUT2D eigenvalue weighted by Crippen LogP contribution is -2.10. The molecule has 0 aliphatic carbocycles. The van der Waals surface area contributed by atoms with Crippen LogP contribution in [-0.2, 0) is 11.3 Å². The summed E-state index contributed by atoms with van der Waals surface area (Å²) in [6, 6.07) is 15.6. The summed E-state index contributed by atoms with van der Waals surface area (Å²) in [7, 11) is 0. The summed E-state index contributed by atoms with van der Waals surface area (Å²) in [5.41, 5.74) is 3.88. The van der Waals surface area contributed by atoms with Crippen LogP contribution < -0.4 is 10.1 Å². The number of anilines is 1. The summed E-state index contributed by atoms with van der Waals surface area (Å²) >= 11 is 7.29. The molecule has 0 aliphatic heterocycles. The van der Waals surface area contributed by atoms with Gasteiger partial charge >= 0.3 is 11.9 Å². The highest BCUT2D eigenvalue weighted by Gasteiger charge is 2.24. The number of nitrogens with one attached hydrogen (secondary N) is 1. The number of benzene rings is 2. The van der Waals surface area contributed by atoms with Crippen molar-refractivity contribution in [3.63, 3.8) is 0 Å². The lowest BCUT2D eigenvalue weighted by molar-refractivity contribution is -0.139. The molecule has 0 fully saturated rings. The van der Waals surface area contributed by atoms with Crippen LogP contribution in [0.1, 0.15) is 20.8 Å². The molecule has 0 radical (unpaired) electrons. The average Bonchev–Trinajstić information content (AvgIpc) is 3.03. The fourth-order valence-corrected chi connectivity index (χ4v) is 4.07. The van der Waals surface area contributed by atoms with E-state index in [-0.39, 0.29) is 15.6 Å². The number of rotatable bonds is 8. The first-order valence-electron chi connectivity index (χ1n) is 8.65. The third kappa shape index (κ3) is 5.07. The number of carboxylic acids is 2. The van der Waals surface area contributed by atoms with E-state index in [1.54, 1.807) is 6.07 Å². The molecule has 6 nitrogen and oxygen atoms in total. The average molecular weight is 432 g/mol. The van der Waals surface area contributed by atoms with E-state index >= 15 is 0 Å². The second-order valence-corrected chi connectivity index (χ2v) is 7.71. The maximum absolute atomic E-state index is 11.5. The molecule has 0 saturated heterocycles. The molecular weight excluding hydrogens is 414 g/mol. The van der Waals surface area contributed by atoms with Crippen molar-refractivity contribution in [2.24, 2.45) is 0 Å². The topological polar surface area (TPSA) is 95.9 Å². The Labute approximate surface area is 176 Å². The van der Waals surface area contributed by atoms with E-state index in [0.29, 0.717) is 17.0 Å². The van der Waals surface area contributed by atoms with Crippen LogP contribution in [0.2, 0.25) is 5.02 Å². The molecule has 1 aromatic heterocycles. The highest BCUT2D eigenvalue weighted by Crippen LogP contribution is 2.45. The van der Waals surface area contributed by atoms with Crippen molar-refractivity contribution in [1.82, 2.24) is 0 Å². The Morgan fingerprint density at radius 1 is 1.14 bits per heavy atom. The summed E-state index contributed by atoms with van der Waals surface area (Å²) in [4.78, 5) is 22.7. The van der Waals surface area contributed by atoms with Crippen LogP contribution in [0, 0.1) is 6.92 Å². The molecule has 29 heavy (non-hydrogen) atoms. The van der Waals surface area contributed by atoms with Crippen LogP contribution in [0.4, 0.5) is 5.69 Å². The largest absolute Gasteiger partial charge is 0.479 e. The van der Waals surface area contributed by atoms with Gasteiger partial charge < -0.3 is 20.3 Å².